The van der Waals surface area contributed by atoms with Crippen molar-refractivity contribution in [2.75, 3.05) is 33.9 Å². The van der Waals surface area contributed by atoms with Gasteiger partial charge in [0.25, 0.3) is 0 Å². The molecular formula is C42H52N8O5. The van der Waals surface area contributed by atoms with Gasteiger partial charge in [0, 0.05) is 24.7 Å². The Bertz CT molecular complexity index is 2180. The number of aromatic nitrogens is 4. The number of alkyl carbamates (subject to hydrolysis) is 2. The molecule has 0 spiro atoms. The van der Waals surface area contributed by atoms with Gasteiger partial charge in [-0.3, -0.25) is 9.69 Å². The van der Waals surface area contributed by atoms with Crippen LogP contribution in [0.25, 0.3) is 44.2 Å². The largest absolute Gasteiger partial charge is 0.453 e. The number of ether oxygens (including phenoxy) is 2. The van der Waals surface area contributed by atoms with Crippen LogP contribution in [-0.2, 0) is 14.3 Å². The Kier molecular flexibility index (Phi) is 11.1. The zero-order chi connectivity index (χ0) is 38.8. The molecule has 0 radical (unpaired) electrons. The van der Waals surface area contributed by atoms with Gasteiger partial charge < -0.3 is 35.0 Å². The van der Waals surface area contributed by atoms with E-state index < -0.39 is 18.2 Å². The number of H-pyrrole nitrogens is 2. The normalized spacial score (nSPS) is 18.7. The lowest BCUT2D eigenvalue weighted by atomic mass is 9.99. The lowest BCUT2D eigenvalue weighted by Crippen LogP contribution is -2.51. The molecule has 2 aliphatic rings. The number of carbonyl (C=O) groups is 3. The fourth-order valence-electron chi connectivity index (χ4n) is 8.05. The number of carbonyl (C=O) groups excluding carboxylic acids is 3. The number of likely N-dealkylation sites (tertiary alicyclic amines) is 2. The Balaban J connectivity index is 1.06. The highest BCUT2D eigenvalue weighted by Crippen LogP contribution is 2.36. The lowest BCUT2D eigenvalue weighted by Gasteiger charge is -2.30. The smallest absolute Gasteiger partial charge is 0.407 e. The summed E-state index contributed by atoms with van der Waals surface area (Å²) in [5.41, 5.74) is 6.05. The minimum Gasteiger partial charge on any atom is -0.453 e. The van der Waals surface area contributed by atoms with Crippen molar-refractivity contribution in [2.45, 2.75) is 77.5 Å². The third-order valence-corrected chi connectivity index (χ3v) is 11.2. The number of fused-ring (bicyclic) bond motifs is 2. The maximum Gasteiger partial charge on any atom is 0.407 e. The van der Waals surface area contributed by atoms with E-state index in [-0.39, 0.29) is 35.9 Å². The molecule has 0 saturated carbocycles. The fraction of sp³-hybridized carbons (Fsp3) is 0.452. The second-order valence-electron chi connectivity index (χ2n) is 15.5. The van der Waals surface area contributed by atoms with E-state index in [2.05, 4.69) is 93.9 Å². The van der Waals surface area contributed by atoms with Crippen LogP contribution in [0.2, 0.25) is 0 Å². The van der Waals surface area contributed by atoms with Crippen LogP contribution in [0.3, 0.4) is 0 Å². The first-order valence-corrected chi connectivity index (χ1v) is 19.4. The summed E-state index contributed by atoms with van der Waals surface area (Å²) in [6.45, 7) is 10.3. The molecule has 2 fully saturated rings. The van der Waals surface area contributed by atoms with Gasteiger partial charge in [0.2, 0.25) is 5.91 Å². The van der Waals surface area contributed by atoms with Crippen molar-refractivity contribution in [2.24, 2.45) is 11.8 Å². The highest BCUT2D eigenvalue weighted by Gasteiger charge is 2.37. The van der Waals surface area contributed by atoms with Crippen LogP contribution in [0, 0.1) is 11.8 Å². The average molecular weight is 749 g/mol. The second kappa shape index (κ2) is 16.1. The van der Waals surface area contributed by atoms with E-state index in [1.165, 1.54) is 14.2 Å². The highest BCUT2D eigenvalue weighted by molar-refractivity contribution is 5.92. The second-order valence-corrected chi connectivity index (χ2v) is 15.5. The minimum atomic E-state index is -0.679. The molecule has 13 heteroatoms. The molecule has 4 atom stereocenters. The number of methoxy groups -OCH3 is 2. The summed E-state index contributed by atoms with van der Waals surface area (Å²) >= 11 is 0. The molecule has 2 saturated heterocycles. The molecule has 3 amide bonds. The van der Waals surface area contributed by atoms with E-state index in [9.17, 15) is 14.4 Å². The number of benzene rings is 3. The molecule has 0 aliphatic carbocycles. The Morgan fingerprint density at radius 1 is 0.782 bits per heavy atom. The lowest BCUT2D eigenvalue weighted by molar-refractivity contribution is -0.135. The van der Waals surface area contributed by atoms with Crippen molar-refractivity contribution in [1.82, 2.24) is 40.4 Å². The molecule has 55 heavy (non-hydrogen) atoms. The molecular weight excluding hydrogens is 697 g/mol. The van der Waals surface area contributed by atoms with Crippen LogP contribution in [0.15, 0.2) is 60.8 Å². The SMILES string of the molecule is COC(=O)NC(CN1CCCC1c1nc2ccc(-c3ccc4cc(-c5cnc(C6CCCN6C(=O)C(NC(=O)OC)C(C)C)[nH]5)ccc4c3)cc2[nH]1)C(C)C. The Morgan fingerprint density at radius 2 is 1.44 bits per heavy atom. The number of nitrogens with one attached hydrogen (secondary N) is 4. The average Bonchev–Trinajstić information content (AvgIpc) is 4.02. The summed E-state index contributed by atoms with van der Waals surface area (Å²) in [7, 11) is 2.70. The summed E-state index contributed by atoms with van der Waals surface area (Å²) in [6.07, 6.45) is 4.55. The Labute approximate surface area is 321 Å². The molecule has 290 valence electrons. The number of hydrogen-bond acceptors (Lipinski definition) is 8. The number of hydrogen-bond donors (Lipinski definition) is 4. The van der Waals surface area contributed by atoms with Gasteiger partial charge in [-0.25, -0.2) is 19.6 Å². The number of imidazole rings is 2. The van der Waals surface area contributed by atoms with Crippen LogP contribution in [0.5, 0.6) is 0 Å². The third-order valence-electron chi connectivity index (χ3n) is 11.2. The van der Waals surface area contributed by atoms with Gasteiger partial charge in [-0.1, -0.05) is 58.0 Å². The summed E-state index contributed by atoms with van der Waals surface area (Å²) in [5.74, 6) is 1.74. The van der Waals surface area contributed by atoms with Crippen molar-refractivity contribution in [1.29, 1.82) is 0 Å². The topological polar surface area (TPSA) is 158 Å². The van der Waals surface area contributed by atoms with Gasteiger partial charge in [-0.05, 0) is 90.2 Å². The predicted octanol–water partition coefficient (Wildman–Crippen LogP) is 7.33. The van der Waals surface area contributed by atoms with Crippen molar-refractivity contribution in [3.8, 4) is 22.4 Å². The van der Waals surface area contributed by atoms with E-state index in [1.807, 2.05) is 24.9 Å². The van der Waals surface area contributed by atoms with E-state index in [1.54, 1.807) is 0 Å². The Morgan fingerprint density at radius 3 is 2.16 bits per heavy atom. The van der Waals surface area contributed by atoms with E-state index >= 15 is 0 Å². The Hall–Kier alpha value is -5.43. The molecule has 3 aromatic carbocycles. The summed E-state index contributed by atoms with van der Waals surface area (Å²) in [6, 6.07) is 18.5. The van der Waals surface area contributed by atoms with E-state index in [4.69, 9.17) is 19.4 Å². The summed E-state index contributed by atoms with van der Waals surface area (Å²) in [4.78, 5) is 58.6. The molecule has 2 aromatic heterocycles. The van der Waals surface area contributed by atoms with E-state index in [0.717, 1.165) is 94.6 Å². The van der Waals surface area contributed by atoms with Crippen LogP contribution in [-0.4, -0.2) is 93.8 Å². The number of aromatic amines is 2. The standard InChI is InChI=1S/C42H52N8O5/c1-24(2)34(47-41(52)54-5)23-49-17-7-9-35(49)39-44-31-16-15-29(21-32(31)45-39)27-11-12-28-20-30(14-13-26(28)19-27)33-22-43-38(46-33)36-10-8-18-50(36)40(51)37(25(3)4)48-42(53)55-6/h11-16,19-22,24-25,34-37H,7-10,17-18,23H2,1-6H3,(H,43,46)(H,44,45)(H,47,52)(H,48,53). The molecule has 4 N–H and O–H groups in total. The van der Waals surface area contributed by atoms with Crippen LogP contribution in [0.4, 0.5) is 9.59 Å². The maximum absolute atomic E-state index is 13.6. The number of amides is 3. The van der Waals surface area contributed by atoms with Gasteiger partial charge in [0.1, 0.15) is 17.7 Å². The molecule has 4 heterocycles. The van der Waals surface area contributed by atoms with E-state index in [0.29, 0.717) is 6.54 Å². The molecule has 2 aliphatic heterocycles. The number of rotatable bonds is 11. The summed E-state index contributed by atoms with van der Waals surface area (Å²) < 4.78 is 9.65. The fourth-order valence-corrected chi connectivity index (χ4v) is 8.05. The molecule has 7 rings (SSSR count). The van der Waals surface area contributed by atoms with Crippen LogP contribution < -0.4 is 10.6 Å². The van der Waals surface area contributed by atoms with Gasteiger partial charge in [0.05, 0.1) is 49.2 Å². The van der Waals surface area contributed by atoms with Gasteiger partial charge in [-0.15, -0.1) is 0 Å². The predicted molar refractivity (Wildman–Crippen MR) is 212 cm³/mol. The minimum absolute atomic E-state index is 0.0213. The molecule has 13 nitrogen and oxygen atoms in total. The first-order valence-electron chi connectivity index (χ1n) is 19.4. The number of nitrogens with zero attached hydrogens (tertiary/aromatic N) is 4. The van der Waals surface area contributed by atoms with Gasteiger partial charge in [0.15, 0.2) is 0 Å². The van der Waals surface area contributed by atoms with Crippen molar-refractivity contribution < 1.29 is 23.9 Å². The maximum atomic E-state index is 13.6. The van der Waals surface area contributed by atoms with Crippen molar-refractivity contribution in [3.63, 3.8) is 0 Å². The molecule has 4 unspecified atom stereocenters. The van der Waals surface area contributed by atoms with Gasteiger partial charge >= 0.3 is 12.2 Å². The van der Waals surface area contributed by atoms with Crippen molar-refractivity contribution >= 4 is 39.9 Å². The zero-order valence-electron chi connectivity index (χ0n) is 32.5. The summed E-state index contributed by atoms with van der Waals surface area (Å²) in [5, 5.41) is 7.95. The highest BCUT2D eigenvalue weighted by atomic mass is 16.5. The van der Waals surface area contributed by atoms with Crippen LogP contribution in [0.1, 0.15) is 77.1 Å². The monoisotopic (exact) mass is 748 g/mol. The zero-order valence-corrected chi connectivity index (χ0v) is 32.5. The molecule has 5 aromatic rings. The van der Waals surface area contributed by atoms with Gasteiger partial charge in [-0.2, -0.15) is 0 Å². The quantitative estimate of drug-likeness (QED) is 0.109. The first-order chi connectivity index (χ1) is 26.5. The third kappa shape index (κ3) is 8.02. The van der Waals surface area contributed by atoms with Crippen molar-refractivity contribution in [3.05, 3.63) is 72.4 Å². The molecule has 0 bridgehead atoms. The van der Waals surface area contributed by atoms with Crippen LogP contribution >= 0.6 is 0 Å². The first kappa shape index (κ1) is 37.9.